The van der Waals surface area contributed by atoms with Crippen molar-refractivity contribution in [1.29, 1.82) is 21.0 Å². The lowest BCUT2D eigenvalue weighted by Crippen LogP contribution is -1.90. The summed E-state index contributed by atoms with van der Waals surface area (Å²) in [5.74, 6) is 0. The molecule has 0 saturated heterocycles. The van der Waals surface area contributed by atoms with Gasteiger partial charge in [-0.1, -0.05) is 48.5 Å². The first-order chi connectivity index (χ1) is 14.7. The quantitative estimate of drug-likeness (QED) is 0.340. The number of nitrogens with zero attached hydrogens (tertiary/aromatic N) is 4. The van der Waals surface area contributed by atoms with E-state index >= 15 is 0 Å². The first kappa shape index (κ1) is 17.2. The Morgan fingerprint density at radius 3 is 1.10 bits per heavy atom. The number of rotatable bonds is 0. The summed E-state index contributed by atoms with van der Waals surface area (Å²) in [4.78, 5) is 0. The molecule has 2 aliphatic carbocycles. The van der Waals surface area contributed by atoms with Gasteiger partial charge in [-0.05, 0) is 56.6 Å². The van der Waals surface area contributed by atoms with E-state index in [0.29, 0.717) is 11.1 Å². The van der Waals surface area contributed by atoms with E-state index in [1.807, 2.05) is 84.9 Å². The molecule has 0 saturated carbocycles. The summed E-state index contributed by atoms with van der Waals surface area (Å²) in [5, 5.41) is 38.2. The number of hydrogen-bond donors (Lipinski definition) is 0. The van der Waals surface area contributed by atoms with E-state index in [1.165, 1.54) is 0 Å². The van der Waals surface area contributed by atoms with E-state index in [0.717, 1.165) is 44.5 Å². The second kappa shape index (κ2) is 6.32. The van der Waals surface area contributed by atoms with Crippen LogP contribution in [0.2, 0.25) is 0 Å². The molecule has 0 radical (unpaired) electrons. The largest absolute Gasteiger partial charge is 0.192 e. The van der Waals surface area contributed by atoms with Gasteiger partial charge >= 0.3 is 0 Å². The van der Waals surface area contributed by atoms with Crippen LogP contribution in [0.4, 0.5) is 0 Å². The molecule has 0 heterocycles. The highest BCUT2D eigenvalue weighted by atomic mass is 14.4. The van der Waals surface area contributed by atoms with Gasteiger partial charge in [0.25, 0.3) is 0 Å². The number of nitriles is 4. The molecule has 0 aliphatic heterocycles. The zero-order valence-corrected chi connectivity index (χ0v) is 15.6. The molecule has 30 heavy (non-hydrogen) atoms. The van der Waals surface area contributed by atoms with Crippen LogP contribution in [0, 0.1) is 45.3 Å². The molecule has 0 atom stereocenters. The molecule has 0 N–H and O–H groups in total. The predicted molar refractivity (Wildman–Crippen MR) is 112 cm³/mol. The Bertz CT molecular complexity index is 1370. The van der Waals surface area contributed by atoms with Gasteiger partial charge in [-0.2, -0.15) is 21.0 Å². The van der Waals surface area contributed by atoms with Crippen LogP contribution >= 0.6 is 0 Å². The van der Waals surface area contributed by atoms with Gasteiger partial charge < -0.3 is 0 Å². The zero-order valence-electron chi connectivity index (χ0n) is 15.6. The third-order valence-corrected chi connectivity index (χ3v) is 5.62. The van der Waals surface area contributed by atoms with E-state index in [4.69, 9.17) is 0 Å². The first-order valence-corrected chi connectivity index (χ1v) is 9.20. The fourth-order valence-electron chi connectivity index (χ4n) is 4.43. The fraction of sp³-hybridized carbons (Fsp3) is 0. The van der Waals surface area contributed by atoms with Crippen molar-refractivity contribution in [2.45, 2.75) is 0 Å². The lowest BCUT2D eigenvalue weighted by Gasteiger charge is -2.08. The molecule has 134 valence electrons. The molecular formula is C26H10N4. The van der Waals surface area contributed by atoms with Gasteiger partial charge in [-0.3, -0.25) is 0 Å². The molecule has 4 nitrogen and oxygen atoms in total. The van der Waals surface area contributed by atoms with Crippen LogP contribution in [0.5, 0.6) is 0 Å². The molecule has 5 rings (SSSR count). The molecule has 0 unspecified atom stereocenters. The van der Waals surface area contributed by atoms with Crippen molar-refractivity contribution in [2.75, 3.05) is 0 Å². The highest BCUT2D eigenvalue weighted by Gasteiger charge is 2.32. The van der Waals surface area contributed by atoms with Crippen molar-refractivity contribution in [1.82, 2.24) is 0 Å². The summed E-state index contributed by atoms with van der Waals surface area (Å²) in [7, 11) is 0. The Morgan fingerprint density at radius 2 is 0.767 bits per heavy atom. The Labute approximate surface area is 173 Å². The third-order valence-electron chi connectivity index (χ3n) is 5.62. The molecule has 0 amide bonds. The van der Waals surface area contributed by atoms with E-state index in [9.17, 15) is 21.0 Å². The average molecular weight is 378 g/mol. The van der Waals surface area contributed by atoms with Crippen molar-refractivity contribution >= 4 is 11.1 Å². The summed E-state index contributed by atoms with van der Waals surface area (Å²) in [6, 6.07) is 27.4. The Hall–Kier alpha value is -4.90. The monoisotopic (exact) mass is 378 g/mol. The van der Waals surface area contributed by atoms with Gasteiger partial charge in [-0.25, -0.2) is 0 Å². The predicted octanol–water partition coefficient (Wildman–Crippen LogP) is 5.35. The van der Waals surface area contributed by atoms with E-state index in [-0.39, 0.29) is 11.1 Å². The zero-order chi connectivity index (χ0) is 20.8. The van der Waals surface area contributed by atoms with Crippen LogP contribution in [0.25, 0.3) is 33.4 Å². The van der Waals surface area contributed by atoms with Crippen LogP contribution in [0.15, 0.2) is 71.8 Å². The number of hydrogen-bond acceptors (Lipinski definition) is 4. The molecule has 0 bridgehead atoms. The highest BCUT2D eigenvalue weighted by Crippen LogP contribution is 2.53. The maximum Gasteiger partial charge on any atom is 0.138 e. The molecule has 4 heteroatoms. The third kappa shape index (κ3) is 2.11. The lowest BCUT2D eigenvalue weighted by molar-refractivity contribution is 1.45. The smallest absolute Gasteiger partial charge is 0.138 e. The van der Waals surface area contributed by atoms with Crippen LogP contribution in [-0.2, 0) is 0 Å². The minimum Gasteiger partial charge on any atom is -0.192 e. The van der Waals surface area contributed by atoms with Gasteiger partial charge in [0.1, 0.15) is 35.4 Å². The molecule has 3 aromatic rings. The molecular weight excluding hydrogens is 368 g/mol. The van der Waals surface area contributed by atoms with Crippen LogP contribution in [-0.4, -0.2) is 0 Å². The summed E-state index contributed by atoms with van der Waals surface area (Å²) in [6.07, 6.45) is 0. The van der Waals surface area contributed by atoms with Gasteiger partial charge in [0.15, 0.2) is 0 Å². The van der Waals surface area contributed by atoms with E-state index < -0.39 is 0 Å². The Kier molecular flexibility index (Phi) is 3.63. The van der Waals surface area contributed by atoms with E-state index in [1.54, 1.807) is 0 Å². The topological polar surface area (TPSA) is 95.2 Å². The minimum absolute atomic E-state index is 0.0675. The summed E-state index contributed by atoms with van der Waals surface area (Å²) in [6.45, 7) is 0. The average Bonchev–Trinajstić information content (AvgIpc) is 3.28. The van der Waals surface area contributed by atoms with Crippen molar-refractivity contribution in [3.05, 3.63) is 94.1 Å². The summed E-state index contributed by atoms with van der Waals surface area (Å²) in [5.41, 5.74) is 8.36. The van der Waals surface area contributed by atoms with Crippen molar-refractivity contribution in [3.63, 3.8) is 0 Å². The van der Waals surface area contributed by atoms with Crippen molar-refractivity contribution in [3.8, 4) is 46.5 Å². The number of benzene rings is 3. The lowest BCUT2D eigenvalue weighted by atomic mass is 9.93. The minimum atomic E-state index is 0.0675. The maximum absolute atomic E-state index is 9.56. The molecule has 2 aliphatic rings. The second-order valence-electron chi connectivity index (χ2n) is 6.98. The number of allylic oxidation sites excluding steroid dienone is 2. The van der Waals surface area contributed by atoms with Crippen LogP contribution < -0.4 is 0 Å². The van der Waals surface area contributed by atoms with Crippen LogP contribution in [0.3, 0.4) is 0 Å². The second-order valence-corrected chi connectivity index (χ2v) is 6.98. The SMILES string of the molecule is N#CC(C#N)=C1c2ccccc2-c2cc3c(cc21)-c1ccccc1C3=C(C#N)C#N. The summed E-state index contributed by atoms with van der Waals surface area (Å²) >= 11 is 0. The van der Waals surface area contributed by atoms with E-state index in [2.05, 4.69) is 0 Å². The Morgan fingerprint density at radius 1 is 0.433 bits per heavy atom. The Balaban J connectivity index is 1.95. The maximum atomic E-state index is 9.56. The number of fused-ring (bicyclic) bond motifs is 6. The van der Waals surface area contributed by atoms with Gasteiger partial charge in [0, 0.05) is 11.1 Å². The van der Waals surface area contributed by atoms with Gasteiger partial charge in [0.05, 0.1) is 0 Å². The van der Waals surface area contributed by atoms with Gasteiger partial charge in [-0.15, -0.1) is 0 Å². The molecule has 3 aromatic carbocycles. The molecule has 0 fully saturated rings. The fourth-order valence-corrected chi connectivity index (χ4v) is 4.43. The normalized spacial score (nSPS) is 11.7. The molecule has 0 aromatic heterocycles. The van der Waals surface area contributed by atoms with Crippen LogP contribution in [0.1, 0.15) is 22.3 Å². The van der Waals surface area contributed by atoms with Gasteiger partial charge in [0.2, 0.25) is 0 Å². The van der Waals surface area contributed by atoms with Crippen molar-refractivity contribution < 1.29 is 0 Å². The highest BCUT2D eigenvalue weighted by molar-refractivity contribution is 6.10. The standard InChI is InChI=1S/C26H10N4/c27-11-15(12-28)25-19-7-3-1-5-17(19)21-9-24-22(10-23(21)25)18-6-2-4-8-20(18)26(24)16(13-29)14-30/h1-10H. The van der Waals surface area contributed by atoms with Crippen molar-refractivity contribution in [2.24, 2.45) is 0 Å². The first-order valence-electron chi connectivity index (χ1n) is 9.20. The molecule has 0 spiro atoms. The summed E-state index contributed by atoms with van der Waals surface area (Å²) < 4.78 is 0.